The molecule has 0 amide bonds. The van der Waals surface area contributed by atoms with Gasteiger partial charge in [-0.1, -0.05) is 70.8 Å². The van der Waals surface area contributed by atoms with E-state index in [1.54, 1.807) is 0 Å². The minimum Gasteiger partial charge on any atom is -0.462 e. The van der Waals surface area contributed by atoms with Crippen molar-refractivity contribution in [3.8, 4) is 0 Å². The Balaban J connectivity index is 1.20. The van der Waals surface area contributed by atoms with Gasteiger partial charge in [-0.3, -0.25) is 9.59 Å². The number of carbonyl (C=O) groups excluding carboxylic acids is 2. The number of rotatable bonds is 11. The third-order valence-corrected chi connectivity index (χ3v) is 9.97. The number of carbonyl (C=O) groups is 2. The fraction of sp³-hybridized carbons (Fsp3) is 0.867. The van der Waals surface area contributed by atoms with Crippen LogP contribution in [0.4, 0.5) is 0 Å². The second-order valence-corrected chi connectivity index (χ2v) is 12.0. The molecule has 0 aliphatic heterocycles. The molecule has 0 aromatic heterocycles. The van der Waals surface area contributed by atoms with Gasteiger partial charge >= 0.3 is 5.97 Å². The van der Waals surface area contributed by atoms with Gasteiger partial charge < -0.3 is 4.74 Å². The molecular formula is C30H48O3. The number of allylic oxidation sites excluding steroid dienone is 1. The smallest absolute Gasteiger partial charge is 0.306 e. The summed E-state index contributed by atoms with van der Waals surface area (Å²) in [6.45, 7) is 4.69. The maximum atomic E-state index is 12.7. The first-order valence-electron chi connectivity index (χ1n) is 14.5. The maximum Gasteiger partial charge on any atom is 0.306 e. The molecule has 186 valence electrons. The van der Waals surface area contributed by atoms with Crippen molar-refractivity contribution in [1.29, 1.82) is 0 Å². The fourth-order valence-corrected chi connectivity index (χ4v) is 8.12. The van der Waals surface area contributed by atoms with E-state index in [1.807, 2.05) is 6.08 Å². The lowest BCUT2D eigenvalue weighted by Gasteiger charge is -2.53. The van der Waals surface area contributed by atoms with Crippen molar-refractivity contribution in [1.82, 2.24) is 0 Å². The molecule has 0 radical (unpaired) electrons. The van der Waals surface area contributed by atoms with Gasteiger partial charge in [-0.25, -0.2) is 0 Å². The number of hydrogen-bond acceptors (Lipinski definition) is 3. The summed E-state index contributed by atoms with van der Waals surface area (Å²) in [5.41, 5.74) is 1.62. The van der Waals surface area contributed by atoms with Crippen LogP contribution in [0.15, 0.2) is 11.6 Å². The predicted molar refractivity (Wildman–Crippen MR) is 134 cm³/mol. The largest absolute Gasteiger partial charge is 0.462 e. The highest BCUT2D eigenvalue weighted by molar-refractivity contribution is 5.91. The summed E-state index contributed by atoms with van der Waals surface area (Å²) >= 11 is 0. The molecule has 33 heavy (non-hydrogen) atoms. The van der Waals surface area contributed by atoms with Crippen LogP contribution >= 0.6 is 0 Å². The molecule has 4 rings (SSSR count). The summed E-state index contributed by atoms with van der Waals surface area (Å²) in [7, 11) is 0. The molecule has 3 heteroatoms. The van der Waals surface area contributed by atoms with E-state index in [9.17, 15) is 9.59 Å². The van der Waals surface area contributed by atoms with E-state index in [0.717, 1.165) is 50.4 Å². The molecule has 0 N–H and O–H groups in total. The molecule has 0 saturated heterocycles. The van der Waals surface area contributed by atoms with Gasteiger partial charge in [0.05, 0.1) is 0 Å². The molecule has 0 unspecified atom stereocenters. The van der Waals surface area contributed by atoms with Crippen molar-refractivity contribution >= 4 is 11.8 Å². The van der Waals surface area contributed by atoms with E-state index < -0.39 is 0 Å². The van der Waals surface area contributed by atoms with Crippen LogP contribution in [0.5, 0.6) is 0 Å². The van der Waals surface area contributed by atoms with Crippen molar-refractivity contribution in [2.75, 3.05) is 0 Å². The first-order valence-corrected chi connectivity index (χ1v) is 14.5. The lowest BCUT2D eigenvalue weighted by molar-refractivity contribution is -0.159. The van der Waals surface area contributed by atoms with E-state index in [0.29, 0.717) is 24.0 Å². The Morgan fingerprint density at radius 1 is 0.909 bits per heavy atom. The monoisotopic (exact) mass is 456 g/mol. The molecule has 0 heterocycles. The number of ether oxygens (including phenoxy) is 1. The molecule has 0 aromatic carbocycles. The van der Waals surface area contributed by atoms with Gasteiger partial charge in [-0.15, -0.1) is 0 Å². The second kappa shape index (κ2) is 11.5. The van der Waals surface area contributed by atoms with Crippen LogP contribution < -0.4 is 0 Å². The maximum absolute atomic E-state index is 12.7. The van der Waals surface area contributed by atoms with Crippen LogP contribution in [0.3, 0.4) is 0 Å². The van der Waals surface area contributed by atoms with Crippen molar-refractivity contribution in [3.63, 3.8) is 0 Å². The Hall–Kier alpha value is -1.12. The third kappa shape index (κ3) is 5.76. The highest BCUT2D eigenvalue weighted by Gasteiger charge is 2.57. The predicted octanol–water partition coefficient (Wildman–Crippen LogP) is 7.96. The molecular weight excluding hydrogens is 408 g/mol. The zero-order valence-electron chi connectivity index (χ0n) is 21.4. The molecule has 4 aliphatic rings. The normalized spacial score (nSPS) is 35.4. The SMILES string of the molecule is CCCCCCCCCCCC(=O)O[C@@H]1CC[C@@H]2[C@@H]3CCC4=CC(=O)CC[C@@H]4[C@@H]3CC[C@@]21C. The van der Waals surface area contributed by atoms with Crippen molar-refractivity contribution in [3.05, 3.63) is 11.6 Å². The highest BCUT2D eigenvalue weighted by Crippen LogP contribution is 2.62. The van der Waals surface area contributed by atoms with Gasteiger partial charge in [0.1, 0.15) is 6.10 Å². The lowest BCUT2D eigenvalue weighted by atomic mass is 9.52. The van der Waals surface area contributed by atoms with Crippen molar-refractivity contribution < 1.29 is 14.3 Å². The van der Waals surface area contributed by atoms with Crippen molar-refractivity contribution in [2.45, 2.75) is 136 Å². The summed E-state index contributed by atoms with van der Waals surface area (Å²) in [6, 6.07) is 0. The summed E-state index contributed by atoms with van der Waals surface area (Å²) < 4.78 is 6.16. The molecule has 0 spiro atoms. The quantitative estimate of drug-likeness (QED) is 0.234. The zero-order valence-corrected chi connectivity index (χ0v) is 21.4. The number of ketones is 1. The first kappa shape index (κ1) is 25.0. The molecule has 3 nitrogen and oxygen atoms in total. The van der Waals surface area contributed by atoms with Crippen LogP contribution in [0, 0.1) is 29.1 Å². The lowest BCUT2D eigenvalue weighted by Crippen LogP contribution is -2.48. The third-order valence-electron chi connectivity index (χ3n) is 9.97. The molecule has 3 fully saturated rings. The zero-order chi connectivity index (χ0) is 23.3. The van der Waals surface area contributed by atoms with Gasteiger partial charge in [-0.2, -0.15) is 0 Å². The average molecular weight is 457 g/mol. The number of hydrogen-bond donors (Lipinski definition) is 0. The highest BCUT2D eigenvalue weighted by atomic mass is 16.5. The minimum absolute atomic E-state index is 0.0478. The number of esters is 1. The van der Waals surface area contributed by atoms with Crippen LogP contribution in [0.2, 0.25) is 0 Å². The molecule has 6 atom stereocenters. The Kier molecular flexibility index (Phi) is 8.74. The van der Waals surface area contributed by atoms with Crippen LogP contribution in [0.1, 0.15) is 129 Å². The summed E-state index contributed by atoms with van der Waals surface area (Å²) in [6.07, 6.45) is 23.1. The van der Waals surface area contributed by atoms with Crippen molar-refractivity contribution in [2.24, 2.45) is 29.1 Å². The van der Waals surface area contributed by atoms with E-state index in [1.165, 1.54) is 76.2 Å². The van der Waals surface area contributed by atoms with E-state index in [-0.39, 0.29) is 17.5 Å². The average Bonchev–Trinajstić information content (AvgIpc) is 3.13. The van der Waals surface area contributed by atoms with Gasteiger partial charge in [0.25, 0.3) is 0 Å². The van der Waals surface area contributed by atoms with Crippen LogP contribution in [-0.4, -0.2) is 17.9 Å². The summed E-state index contributed by atoms with van der Waals surface area (Å²) in [5, 5.41) is 0. The van der Waals surface area contributed by atoms with Gasteiger partial charge in [0, 0.05) is 18.3 Å². The van der Waals surface area contributed by atoms with Crippen LogP contribution in [-0.2, 0) is 14.3 Å². The Morgan fingerprint density at radius 2 is 1.64 bits per heavy atom. The Morgan fingerprint density at radius 3 is 2.39 bits per heavy atom. The van der Waals surface area contributed by atoms with Gasteiger partial charge in [-0.05, 0) is 81.1 Å². The summed E-state index contributed by atoms with van der Waals surface area (Å²) in [5.74, 6) is 3.26. The Labute approximate surface area is 202 Å². The van der Waals surface area contributed by atoms with Crippen LogP contribution in [0.25, 0.3) is 0 Å². The minimum atomic E-state index is 0.0478. The molecule has 0 aromatic rings. The number of fused-ring (bicyclic) bond motifs is 5. The Bertz CT molecular complexity index is 709. The molecule has 0 bridgehead atoms. The molecule has 4 aliphatic carbocycles. The molecule has 3 saturated carbocycles. The topological polar surface area (TPSA) is 43.4 Å². The van der Waals surface area contributed by atoms with E-state index in [4.69, 9.17) is 4.74 Å². The fourth-order valence-electron chi connectivity index (χ4n) is 8.12. The summed E-state index contributed by atoms with van der Waals surface area (Å²) in [4.78, 5) is 24.6. The van der Waals surface area contributed by atoms with E-state index >= 15 is 0 Å². The van der Waals surface area contributed by atoms with Gasteiger partial charge in [0.2, 0.25) is 0 Å². The number of unbranched alkanes of at least 4 members (excludes halogenated alkanes) is 8. The first-order chi connectivity index (χ1) is 16.0. The standard InChI is InChI=1S/C30H48O3/c1-3-4-5-6-7-8-9-10-11-12-29(32)33-28-18-17-27-26-15-13-22-21-23(31)14-16-24(22)25(26)19-20-30(27,28)2/h21,24-28H,3-20H2,1-2H3/t24-,25-,26+,27+,28+,30-/m0/s1. The van der Waals surface area contributed by atoms with Gasteiger partial charge in [0.15, 0.2) is 5.78 Å². The van der Waals surface area contributed by atoms with E-state index in [2.05, 4.69) is 13.8 Å². The second-order valence-electron chi connectivity index (χ2n) is 12.0.